The topological polar surface area (TPSA) is 38.7 Å². The minimum Gasteiger partial charge on any atom is -0.508 e. The van der Waals surface area contributed by atoms with Crippen molar-refractivity contribution in [2.24, 2.45) is 5.92 Å². The third-order valence-corrected chi connectivity index (χ3v) is 2.35. The monoisotopic (exact) mass is 194 g/mol. The first-order chi connectivity index (χ1) is 6.84. The van der Waals surface area contributed by atoms with Gasteiger partial charge in [0.1, 0.15) is 11.5 Å². The van der Waals surface area contributed by atoms with Gasteiger partial charge in [0, 0.05) is 12.5 Å². The van der Waals surface area contributed by atoms with Crippen LogP contribution < -0.4 is 4.74 Å². The molecule has 1 aliphatic heterocycles. The van der Waals surface area contributed by atoms with Crippen molar-refractivity contribution in [1.29, 1.82) is 0 Å². The molecule has 1 fully saturated rings. The second kappa shape index (κ2) is 4.33. The van der Waals surface area contributed by atoms with Crippen molar-refractivity contribution >= 4 is 0 Å². The Balaban J connectivity index is 1.82. The molecular formula is C11H14O3. The number of rotatable bonds is 3. The van der Waals surface area contributed by atoms with E-state index >= 15 is 0 Å². The van der Waals surface area contributed by atoms with Crippen molar-refractivity contribution < 1.29 is 14.6 Å². The van der Waals surface area contributed by atoms with Crippen LogP contribution in [-0.2, 0) is 4.74 Å². The average molecular weight is 194 g/mol. The standard InChI is InChI=1S/C11H14O3/c12-10-1-3-11(4-2-10)14-8-9-5-6-13-7-9/h1-4,9,12H,5-8H2. The Morgan fingerprint density at radius 1 is 1.36 bits per heavy atom. The Morgan fingerprint density at radius 2 is 2.14 bits per heavy atom. The van der Waals surface area contributed by atoms with E-state index in [2.05, 4.69) is 0 Å². The second-order valence-corrected chi connectivity index (χ2v) is 3.53. The molecule has 0 radical (unpaired) electrons. The molecule has 1 saturated heterocycles. The molecule has 76 valence electrons. The molecule has 1 heterocycles. The third-order valence-electron chi connectivity index (χ3n) is 2.35. The molecule has 1 N–H and O–H groups in total. The third kappa shape index (κ3) is 2.39. The molecule has 0 bridgehead atoms. The zero-order chi connectivity index (χ0) is 9.80. The van der Waals surface area contributed by atoms with Crippen LogP contribution in [0.2, 0.25) is 0 Å². The second-order valence-electron chi connectivity index (χ2n) is 3.53. The maximum Gasteiger partial charge on any atom is 0.119 e. The van der Waals surface area contributed by atoms with Gasteiger partial charge in [0.05, 0.1) is 13.2 Å². The van der Waals surface area contributed by atoms with Gasteiger partial charge >= 0.3 is 0 Å². The predicted molar refractivity (Wildman–Crippen MR) is 52.5 cm³/mol. The van der Waals surface area contributed by atoms with E-state index in [-0.39, 0.29) is 5.75 Å². The van der Waals surface area contributed by atoms with Gasteiger partial charge < -0.3 is 14.6 Å². The van der Waals surface area contributed by atoms with Crippen molar-refractivity contribution in [2.45, 2.75) is 6.42 Å². The first-order valence-corrected chi connectivity index (χ1v) is 4.84. The molecule has 3 heteroatoms. The summed E-state index contributed by atoms with van der Waals surface area (Å²) in [7, 11) is 0. The lowest BCUT2D eigenvalue weighted by Crippen LogP contribution is -2.11. The highest BCUT2D eigenvalue weighted by Crippen LogP contribution is 2.18. The van der Waals surface area contributed by atoms with E-state index in [0.717, 1.165) is 25.4 Å². The Morgan fingerprint density at radius 3 is 2.79 bits per heavy atom. The van der Waals surface area contributed by atoms with Crippen LogP contribution in [0.25, 0.3) is 0 Å². The van der Waals surface area contributed by atoms with Gasteiger partial charge in [0.15, 0.2) is 0 Å². The molecule has 0 saturated carbocycles. The molecule has 1 aromatic rings. The highest BCUT2D eigenvalue weighted by atomic mass is 16.5. The van der Waals surface area contributed by atoms with E-state index in [0.29, 0.717) is 12.5 Å². The van der Waals surface area contributed by atoms with E-state index in [4.69, 9.17) is 14.6 Å². The number of benzene rings is 1. The van der Waals surface area contributed by atoms with Crippen LogP contribution in [0.15, 0.2) is 24.3 Å². The molecule has 1 unspecified atom stereocenters. The molecule has 1 atom stereocenters. The smallest absolute Gasteiger partial charge is 0.119 e. The van der Waals surface area contributed by atoms with Crippen molar-refractivity contribution in [1.82, 2.24) is 0 Å². The first-order valence-electron chi connectivity index (χ1n) is 4.84. The normalized spacial score (nSPS) is 21.0. The summed E-state index contributed by atoms with van der Waals surface area (Å²) in [5.41, 5.74) is 0. The van der Waals surface area contributed by atoms with Crippen LogP contribution in [-0.4, -0.2) is 24.9 Å². The number of hydrogen-bond acceptors (Lipinski definition) is 3. The lowest BCUT2D eigenvalue weighted by atomic mass is 10.1. The van der Waals surface area contributed by atoms with E-state index < -0.39 is 0 Å². The van der Waals surface area contributed by atoms with Crippen molar-refractivity contribution in [2.75, 3.05) is 19.8 Å². The fraction of sp³-hybridized carbons (Fsp3) is 0.455. The zero-order valence-electron chi connectivity index (χ0n) is 7.98. The summed E-state index contributed by atoms with van der Waals surface area (Å²) in [6.07, 6.45) is 1.08. The lowest BCUT2D eigenvalue weighted by Gasteiger charge is -2.09. The largest absolute Gasteiger partial charge is 0.508 e. The van der Waals surface area contributed by atoms with E-state index in [1.54, 1.807) is 24.3 Å². The quantitative estimate of drug-likeness (QED) is 0.797. The summed E-state index contributed by atoms with van der Waals surface area (Å²) >= 11 is 0. The predicted octanol–water partition coefficient (Wildman–Crippen LogP) is 1.81. The van der Waals surface area contributed by atoms with E-state index in [1.165, 1.54) is 0 Å². The van der Waals surface area contributed by atoms with Crippen molar-refractivity contribution in [3.05, 3.63) is 24.3 Å². The Hall–Kier alpha value is -1.22. The summed E-state index contributed by atoms with van der Waals surface area (Å²) in [4.78, 5) is 0. The molecule has 2 rings (SSSR count). The maximum absolute atomic E-state index is 9.06. The Kier molecular flexibility index (Phi) is 2.89. The van der Waals surface area contributed by atoms with Crippen LogP contribution in [0.1, 0.15) is 6.42 Å². The number of hydrogen-bond donors (Lipinski definition) is 1. The van der Waals surface area contributed by atoms with Gasteiger partial charge in [0.2, 0.25) is 0 Å². The SMILES string of the molecule is Oc1ccc(OCC2CCOC2)cc1. The van der Waals surface area contributed by atoms with Gasteiger partial charge in [0.25, 0.3) is 0 Å². The highest BCUT2D eigenvalue weighted by molar-refractivity contribution is 5.30. The molecular weight excluding hydrogens is 180 g/mol. The van der Waals surface area contributed by atoms with Crippen LogP contribution >= 0.6 is 0 Å². The number of phenols is 1. The van der Waals surface area contributed by atoms with Gasteiger partial charge in [-0.05, 0) is 30.7 Å². The molecule has 0 aromatic heterocycles. The van der Waals surface area contributed by atoms with Crippen LogP contribution in [0, 0.1) is 5.92 Å². The molecule has 0 spiro atoms. The van der Waals surface area contributed by atoms with E-state index in [9.17, 15) is 0 Å². The van der Waals surface area contributed by atoms with Crippen LogP contribution in [0.4, 0.5) is 0 Å². The minimum absolute atomic E-state index is 0.265. The summed E-state index contributed by atoms with van der Waals surface area (Å²) in [5.74, 6) is 1.58. The Bertz CT molecular complexity index is 275. The maximum atomic E-state index is 9.06. The fourth-order valence-electron chi connectivity index (χ4n) is 1.47. The lowest BCUT2D eigenvalue weighted by molar-refractivity contribution is 0.167. The first kappa shape index (κ1) is 9.34. The average Bonchev–Trinajstić information content (AvgIpc) is 2.70. The summed E-state index contributed by atoms with van der Waals surface area (Å²) in [6, 6.07) is 6.79. The number of aromatic hydroxyl groups is 1. The number of phenolic OH excluding ortho intramolecular Hbond substituents is 1. The summed E-state index contributed by atoms with van der Waals surface area (Å²) in [5, 5.41) is 9.06. The molecule has 0 amide bonds. The highest BCUT2D eigenvalue weighted by Gasteiger charge is 2.15. The molecule has 14 heavy (non-hydrogen) atoms. The number of ether oxygens (including phenoxy) is 2. The summed E-state index contributed by atoms with van der Waals surface area (Å²) in [6.45, 7) is 2.35. The molecule has 1 aromatic carbocycles. The zero-order valence-corrected chi connectivity index (χ0v) is 7.98. The van der Waals surface area contributed by atoms with Gasteiger partial charge in [-0.15, -0.1) is 0 Å². The fourth-order valence-corrected chi connectivity index (χ4v) is 1.47. The van der Waals surface area contributed by atoms with Crippen LogP contribution in [0.3, 0.4) is 0 Å². The Labute approximate surface area is 83.3 Å². The van der Waals surface area contributed by atoms with Gasteiger partial charge in [-0.1, -0.05) is 0 Å². The molecule has 3 nitrogen and oxygen atoms in total. The van der Waals surface area contributed by atoms with Gasteiger partial charge in [-0.2, -0.15) is 0 Å². The van der Waals surface area contributed by atoms with Crippen LogP contribution in [0.5, 0.6) is 11.5 Å². The minimum atomic E-state index is 0.265. The van der Waals surface area contributed by atoms with E-state index in [1.807, 2.05) is 0 Å². The van der Waals surface area contributed by atoms with Crippen molar-refractivity contribution in [3.8, 4) is 11.5 Å². The van der Waals surface area contributed by atoms with Crippen molar-refractivity contribution in [3.63, 3.8) is 0 Å². The molecule has 0 aliphatic carbocycles. The van der Waals surface area contributed by atoms with Gasteiger partial charge in [-0.3, -0.25) is 0 Å². The summed E-state index contributed by atoms with van der Waals surface area (Å²) < 4.78 is 10.8. The van der Waals surface area contributed by atoms with Gasteiger partial charge in [-0.25, -0.2) is 0 Å². The molecule has 1 aliphatic rings.